The van der Waals surface area contributed by atoms with E-state index in [2.05, 4.69) is 25.7 Å². The number of aliphatic hydroxyl groups is 1. The molecule has 4 rings (SSSR count). The van der Waals surface area contributed by atoms with E-state index in [1.165, 1.54) is 0 Å². The molecule has 0 bridgehead atoms. The van der Waals surface area contributed by atoms with Crippen LogP contribution in [0.2, 0.25) is 0 Å². The molecule has 0 unspecified atom stereocenters. The molecule has 2 fully saturated rings. The number of hydrogen-bond donors (Lipinski definition) is 1. The number of piperazine rings is 1. The molecule has 1 aliphatic carbocycles. The van der Waals surface area contributed by atoms with Crippen molar-refractivity contribution in [1.82, 2.24) is 14.7 Å². The van der Waals surface area contributed by atoms with Crippen molar-refractivity contribution >= 4 is 11.8 Å². The van der Waals surface area contributed by atoms with Crippen LogP contribution in [-0.4, -0.2) is 76.5 Å². The van der Waals surface area contributed by atoms with E-state index >= 15 is 0 Å². The number of aliphatic hydroxyl groups excluding tert-OH is 1. The lowest BCUT2D eigenvalue weighted by Gasteiger charge is -2.49. The number of carbonyl (C=O) groups excluding carboxylic acids is 2. The molecule has 1 aromatic rings. The van der Waals surface area contributed by atoms with Crippen molar-refractivity contribution in [2.75, 3.05) is 39.3 Å². The van der Waals surface area contributed by atoms with Gasteiger partial charge >= 0.3 is 0 Å². The van der Waals surface area contributed by atoms with Gasteiger partial charge in [0.15, 0.2) is 0 Å². The van der Waals surface area contributed by atoms with Crippen LogP contribution < -0.4 is 0 Å². The highest BCUT2D eigenvalue weighted by Crippen LogP contribution is 2.47. The minimum atomic E-state index is -0.392. The third-order valence-corrected chi connectivity index (χ3v) is 8.16. The van der Waals surface area contributed by atoms with Crippen LogP contribution in [0.25, 0.3) is 0 Å². The average molecular weight is 442 g/mol. The van der Waals surface area contributed by atoms with Gasteiger partial charge in [-0.1, -0.05) is 39.0 Å². The zero-order valence-electron chi connectivity index (χ0n) is 20.0. The molecule has 1 saturated heterocycles. The van der Waals surface area contributed by atoms with Gasteiger partial charge in [0.05, 0.1) is 18.6 Å². The van der Waals surface area contributed by atoms with E-state index in [0.717, 1.165) is 49.9 Å². The Morgan fingerprint density at radius 1 is 1.09 bits per heavy atom. The Morgan fingerprint density at radius 3 is 2.34 bits per heavy atom. The first-order valence-electron chi connectivity index (χ1n) is 12.2. The topological polar surface area (TPSA) is 64.1 Å². The van der Waals surface area contributed by atoms with E-state index < -0.39 is 5.54 Å². The summed E-state index contributed by atoms with van der Waals surface area (Å²) in [5, 5.41) is 9.18. The Labute approximate surface area is 192 Å². The molecule has 0 spiro atoms. The van der Waals surface area contributed by atoms with Crippen LogP contribution >= 0.6 is 0 Å². The molecule has 1 aromatic carbocycles. The number of fused-ring (bicyclic) bond motifs is 1. The number of amides is 2. The van der Waals surface area contributed by atoms with E-state index in [-0.39, 0.29) is 23.8 Å². The highest BCUT2D eigenvalue weighted by molar-refractivity contribution is 5.99. The maximum absolute atomic E-state index is 13.5. The van der Waals surface area contributed by atoms with Gasteiger partial charge in [-0.3, -0.25) is 14.5 Å². The van der Waals surface area contributed by atoms with Gasteiger partial charge in [-0.25, -0.2) is 0 Å². The SMILES string of the molecule is CC(C)(C)C1CCC(CC(=O)N2CCN(CCO)CC2)(N2Cc3ccccc3C2=O)CC1. The van der Waals surface area contributed by atoms with E-state index in [9.17, 15) is 14.7 Å². The molecule has 0 radical (unpaired) electrons. The van der Waals surface area contributed by atoms with Crippen LogP contribution in [-0.2, 0) is 11.3 Å². The van der Waals surface area contributed by atoms with Crippen LogP contribution in [0.1, 0.15) is 68.8 Å². The average Bonchev–Trinajstić information content (AvgIpc) is 3.11. The summed E-state index contributed by atoms with van der Waals surface area (Å²) in [5.41, 5.74) is 1.74. The molecular formula is C26H39N3O3. The summed E-state index contributed by atoms with van der Waals surface area (Å²) in [6, 6.07) is 7.90. The number of benzene rings is 1. The van der Waals surface area contributed by atoms with Gasteiger partial charge in [0.2, 0.25) is 5.91 Å². The Balaban J connectivity index is 1.52. The summed E-state index contributed by atoms with van der Waals surface area (Å²) in [5.74, 6) is 0.884. The molecule has 176 valence electrons. The maximum atomic E-state index is 13.5. The van der Waals surface area contributed by atoms with Gasteiger partial charge in [-0.2, -0.15) is 0 Å². The lowest BCUT2D eigenvalue weighted by molar-refractivity contribution is -0.137. The fraction of sp³-hybridized carbons (Fsp3) is 0.692. The summed E-state index contributed by atoms with van der Waals surface area (Å²) >= 11 is 0. The molecule has 0 atom stereocenters. The first kappa shape index (κ1) is 23.2. The first-order valence-corrected chi connectivity index (χ1v) is 12.2. The monoisotopic (exact) mass is 441 g/mol. The van der Waals surface area contributed by atoms with Gasteiger partial charge in [0.1, 0.15) is 0 Å². The first-order chi connectivity index (χ1) is 15.2. The number of hydrogen-bond acceptors (Lipinski definition) is 4. The zero-order chi connectivity index (χ0) is 22.9. The van der Waals surface area contributed by atoms with Gasteiger partial charge in [0, 0.05) is 44.8 Å². The second-order valence-electron chi connectivity index (χ2n) is 11.0. The molecule has 6 nitrogen and oxygen atoms in total. The fourth-order valence-corrected chi connectivity index (χ4v) is 5.96. The largest absolute Gasteiger partial charge is 0.395 e. The quantitative estimate of drug-likeness (QED) is 0.763. The third kappa shape index (κ3) is 4.58. The molecule has 1 N–H and O–H groups in total. The van der Waals surface area contributed by atoms with Crippen molar-refractivity contribution < 1.29 is 14.7 Å². The molecular weight excluding hydrogens is 402 g/mol. The molecule has 2 aliphatic heterocycles. The number of nitrogens with zero attached hydrogens (tertiary/aromatic N) is 3. The van der Waals surface area contributed by atoms with Crippen molar-refractivity contribution in [3.05, 3.63) is 35.4 Å². The van der Waals surface area contributed by atoms with E-state index in [0.29, 0.717) is 38.5 Å². The fourth-order valence-electron chi connectivity index (χ4n) is 5.96. The normalized spacial score (nSPS) is 27.0. The van der Waals surface area contributed by atoms with Crippen molar-refractivity contribution in [3.8, 4) is 0 Å². The molecule has 2 heterocycles. The Kier molecular flexibility index (Phi) is 6.64. The number of carbonyl (C=O) groups is 2. The maximum Gasteiger partial charge on any atom is 0.254 e. The van der Waals surface area contributed by atoms with Crippen LogP contribution in [0.4, 0.5) is 0 Å². The van der Waals surface area contributed by atoms with E-state index in [1.807, 2.05) is 34.1 Å². The van der Waals surface area contributed by atoms with Gasteiger partial charge in [-0.15, -0.1) is 0 Å². The third-order valence-electron chi connectivity index (χ3n) is 8.16. The summed E-state index contributed by atoms with van der Waals surface area (Å²) < 4.78 is 0. The summed E-state index contributed by atoms with van der Waals surface area (Å²) in [6.45, 7) is 11.4. The molecule has 1 saturated carbocycles. The van der Waals surface area contributed by atoms with Crippen LogP contribution in [0, 0.1) is 11.3 Å². The van der Waals surface area contributed by atoms with Gasteiger partial charge in [-0.05, 0) is 48.6 Å². The summed E-state index contributed by atoms with van der Waals surface area (Å²) in [6.07, 6.45) is 4.32. The lowest BCUT2D eigenvalue weighted by Crippen LogP contribution is -2.56. The second kappa shape index (κ2) is 9.14. The predicted octanol–water partition coefficient (Wildman–Crippen LogP) is 3.14. The van der Waals surface area contributed by atoms with Crippen molar-refractivity contribution in [3.63, 3.8) is 0 Å². The highest BCUT2D eigenvalue weighted by atomic mass is 16.3. The Bertz CT molecular complexity index is 831. The minimum absolute atomic E-state index is 0.0929. The number of rotatable bonds is 5. The smallest absolute Gasteiger partial charge is 0.254 e. The second-order valence-corrected chi connectivity index (χ2v) is 11.0. The summed E-state index contributed by atoms with van der Waals surface area (Å²) in [4.78, 5) is 33.1. The van der Waals surface area contributed by atoms with Crippen molar-refractivity contribution in [2.24, 2.45) is 11.3 Å². The Hall–Kier alpha value is -1.92. The zero-order valence-corrected chi connectivity index (χ0v) is 20.0. The van der Waals surface area contributed by atoms with Gasteiger partial charge < -0.3 is 14.9 Å². The van der Waals surface area contributed by atoms with Crippen LogP contribution in [0.5, 0.6) is 0 Å². The Morgan fingerprint density at radius 2 is 1.75 bits per heavy atom. The van der Waals surface area contributed by atoms with Gasteiger partial charge in [0.25, 0.3) is 5.91 Å². The standard InChI is InChI=1S/C26H39N3O3/c1-25(2,3)21-8-10-26(11-9-21,29-19-20-6-4-5-7-22(20)24(29)32)18-23(31)28-14-12-27(13-15-28)16-17-30/h4-7,21,30H,8-19H2,1-3H3. The predicted molar refractivity (Wildman–Crippen MR) is 125 cm³/mol. The lowest BCUT2D eigenvalue weighted by atomic mass is 9.66. The van der Waals surface area contributed by atoms with Crippen molar-refractivity contribution in [1.29, 1.82) is 0 Å². The molecule has 2 amide bonds. The van der Waals surface area contributed by atoms with Crippen LogP contribution in [0.3, 0.4) is 0 Å². The molecule has 6 heteroatoms. The van der Waals surface area contributed by atoms with Crippen molar-refractivity contribution in [2.45, 2.75) is 65.0 Å². The van der Waals surface area contributed by atoms with Crippen LogP contribution in [0.15, 0.2) is 24.3 Å². The highest BCUT2D eigenvalue weighted by Gasteiger charge is 2.48. The molecule has 32 heavy (non-hydrogen) atoms. The van der Waals surface area contributed by atoms with E-state index in [1.54, 1.807) is 0 Å². The molecule has 3 aliphatic rings. The molecule has 0 aromatic heterocycles. The summed E-state index contributed by atoms with van der Waals surface area (Å²) in [7, 11) is 0. The van der Waals surface area contributed by atoms with E-state index in [4.69, 9.17) is 0 Å². The minimum Gasteiger partial charge on any atom is -0.395 e. The number of β-amino-alcohol motifs (C(OH)–C–C–N with tert-alkyl or cyclic N) is 1.